The summed E-state index contributed by atoms with van der Waals surface area (Å²) < 4.78 is 41.0. The molecule has 0 saturated carbocycles. The van der Waals surface area contributed by atoms with Crippen LogP contribution in [0, 0.1) is 17.6 Å². The van der Waals surface area contributed by atoms with Crippen LogP contribution in [0.15, 0.2) is 54.6 Å². The number of hydrogen-bond donors (Lipinski definition) is 2. The number of likely N-dealkylation sites (tertiary alicyclic amines) is 1. The molecule has 1 atom stereocenters. The number of hydrogen-bond acceptors (Lipinski definition) is 5. The monoisotopic (exact) mass is 493 g/mol. The van der Waals surface area contributed by atoms with Crippen LogP contribution in [0.5, 0.6) is 23.0 Å². The predicted octanol–water partition coefficient (Wildman–Crippen LogP) is 6.16. The molecule has 1 fully saturated rings. The first-order valence-electron chi connectivity index (χ1n) is 12.2. The SMILES string of the molecule is CCC1CN(CCOc2ccc(C3Oc4ccc(O)cc4C(C)=C3c3cc(O)c(F)cc3F)cc2)C1. The van der Waals surface area contributed by atoms with Gasteiger partial charge in [0.2, 0.25) is 0 Å². The zero-order valence-corrected chi connectivity index (χ0v) is 20.3. The minimum atomic E-state index is -1.04. The molecule has 0 amide bonds. The van der Waals surface area contributed by atoms with E-state index in [2.05, 4.69) is 11.8 Å². The first kappa shape index (κ1) is 24.1. The van der Waals surface area contributed by atoms with Crippen molar-refractivity contribution in [2.24, 2.45) is 5.92 Å². The molecule has 0 aliphatic carbocycles. The number of phenolic OH excluding ortho intramolecular Hbond substituents is 2. The summed E-state index contributed by atoms with van der Waals surface area (Å²) in [4.78, 5) is 2.38. The van der Waals surface area contributed by atoms with Gasteiger partial charge in [0.25, 0.3) is 0 Å². The molecule has 1 saturated heterocycles. The molecule has 188 valence electrons. The van der Waals surface area contributed by atoms with Gasteiger partial charge in [0.15, 0.2) is 11.6 Å². The average molecular weight is 494 g/mol. The lowest BCUT2D eigenvalue weighted by molar-refractivity contribution is 0.0806. The van der Waals surface area contributed by atoms with E-state index in [0.29, 0.717) is 35.1 Å². The number of fused-ring (bicyclic) bond motifs is 1. The van der Waals surface area contributed by atoms with Gasteiger partial charge in [0.05, 0.1) is 0 Å². The Hall–Kier alpha value is -3.58. The zero-order valence-electron chi connectivity index (χ0n) is 20.3. The summed E-state index contributed by atoms with van der Waals surface area (Å²) in [5.41, 5.74) is 2.47. The molecule has 0 radical (unpaired) electrons. The number of ether oxygens (including phenoxy) is 2. The molecule has 1 unspecified atom stereocenters. The number of benzene rings is 3. The molecule has 3 aromatic carbocycles. The van der Waals surface area contributed by atoms with Crippen LogP contribution in [0.25, 0.3) is 11.1 Å². The molecule has 5 rings (SSSR count). The van der Waals surface area contributed by atoms with Crippen molar-refractivity contribution in [2.75, 3.05) is 26.2 Å². The van der Waals surface area contributed by atoms with Crippen molar-refractivity contribution in [3.8, 4) is 23.0 Å². The fourth-order valence-corrected chi connectivity index (χ4v) is 4.91. The Morgan fingerprint density at radius 1 is 0.972 bits per heavy atom. The second kappa shape index (κ2) is 9.82. The van der Waals surface area contributed by atoms with Crippen molar-refractivity contribution in [2.45, 2.75) is 26.4 Å². The molecule has 36 heavy (non-hydrogen) atoms. The topological polar surface area (TPSA) is 62.2 Å². The van der Waals surface area contributed by atoms with E-state index in [4.69, 9.17) is 9.47 Å². The largest absolute Gasteiger partial charge is 0.508 e. The van der Waals surface area contributed by atoms with E-state index in [1.165, 1.54) is 12.5 Å². The van der Waals surface area contributed by atoms with E-state index < -0.39 is 23.5 Å². The number of phenols is 2. The summed E-state index contributed by atoms with van der Waals surface area (Å²) in [6.07, 6.45) is 0.493. The molecule has 0 bridgehead atoms. The van der Waals surface area contributed by atoms with E-state index in [1.54, 1.807) is 19.1 Å². The van der Waals surface area contributed by atoms with Gasteiger partial charge in [-0.1, -0.05) is 25.5 Å². The molecule has 3 aromatic rings. The van der Waals surface area contributed by atoms with Crippen LogP contribution in [0.4, 0.5) is 8.78 Å². The van der Waals surface area contributed by atoms with Gasteiger partial charge < -0.3 is 19.7 Å². The maximum atomic E-state index is 15.0. The van der Waals surface area contributed by atoms with E-state index in [-0.39, 0.29) is 11.3 Å². The number of allylic oxidation sites excluding steroid dienone is 1. The summed E-state index contributed by atoms with van der Waals surface area (Å²) in [6.45, 7) is 7.74. The van der Waals surface area contributed by atoms with Gasteiger partial charge in [-0.05, 0) is 60.4 Å². The van der Waals surface area contributed by atoms with Gasteiger partial charge >= 0.3 is 0 Å². The minimum absolute atomic E-state index is 0.0330. The smallest absolute Gasteiger partial charge is 0.167 e. The Morgan fingerprint density at radius 3 is 2.44 bits per heavy atom. The van der Waals surface area contributed by atoms with Crippen molar-refractivity contribution < 1.29 is 28.5 Å². The second-order valence-electron chi connectivity index (χ2n) is 9.45. The average Bonchev–Trinajstić information content (AvgIpc) is 2.84. The molecule has 2 aliphatic heterocycles. The Morgan fingerprint density at radius 2 is 1.72 bits per heavy atom. The van der Waals surface area contributed by atoms with Gasteiger partial charge in [0.1, 0.15) is 35.8 Å². The van der Waals surface area contributed by atoms with Crippen LogP contribution in [0.3, 0.4) is 0 Å². The van der Waals surface area contributed by atoms with E-state index >= 15 is 0 Å². The molecule has 2 heterocycles. The molecule has 2 N–H and O–H groups in total. The number of aromatic hydroxyl groups is 2. The van der Waals surface area contributed by atoms with Crippen LogP contribution in [0.2, 0.25) is 0 Å². The summed E-state index contributed by atoms with van der Waals surface area (Å²) in [6, 6.07) is 13.9. The first-order valence-corrected chi connectivity index (χ1v) is 12.2. The quantitative estimate of drug-likeness (QED) is 0.413. The van der Waals surface area contributed by atoms with Crippen LogP contribution in [-0.4, -0.2) is 41.4 Å². The van der Waals surface area contributed by atoms with E-state index in [1.807, 2.05) is 24.3 Å². The molecular formula is C29H29F2NO4. The molecule has 5 nitrogen and oxygen atoms in total. The Labute approximate surface area is 209 Å². The molecular weight excluding hydrogens is 464 g/mol. The van der Waals surface area contributed by atoms with E-state index in [0.717, 1.165) is 42.9 Å². The number of nitrogens with zero attached hydrogens (tertiary/aromatic N) is 1. The van der Waals surface area contributed by atoms with Crippen LogP contribution < -0.4 is 9.47 Å². The van der Waals surface area contributed by atoms with Crippen molar-refractivity contribution in [1.29, 1.82) is 0 Å². The van der Waals surface area contributed by atoms with Crippen molar-refractivity contribution in [1.82, 2.24) is 4.90 Å². The number of rotatable bonds is 7. The van der Waals surface area contributed by atoms with Crippen molar-refractivity contribution in [3.05, 3.63) is 82.9 Å². The lowest BCUT2D eigenvalue weighted by Gasteiger charge is -2.38. The van der Waals surface area contributed by atoms with Crippen LogP contribution in [-0.2, 0) is 0 Å². The van der Waals surface area contributed by atoms with E-state index in [9.17, 15) is 19.0 Å². The first-order chi connectivity index (χ1) is 17.3. The fraction of sp³-hybridized carbons (Fsp3) is 0.310. The molecule has 2 aliphatic rings. The zero-order chi connectivity index (χ0) is 25.4. The Bertz CT molecular complexity index is 1300. The maximum absolute atomic E-state index is 15.0. The highest BCUT2D eigenvalue weighted by Gasteiger charge is 2.32. The lowest BCUT2D eigenvalue weighted by atomic mass is 9.85. The van der Waals surface area contributed by atoms with Gasteiger partial charge in [-0.25, -0.2) is 8.78 Å². The van der Waals surface area contributed by atoms with Gasteiger partial charge in [0, 0.05) is 42.4 Å². The second-order valence-corrected chi connectivity index (χ2v) is 9.45. The highest BCUT2D eigenvalue weighted by atomic mass is 19.1. The van der Waals surface area contributed by atoms with Gasteiger partial charge in [-0.15, -0.1) is 0 Å². The maximum Gasteiger partial charge on any atom is 0.167 e. The third kappa shape index (κ3) is 4.63. The standard InChI is InChI=1S/C29H29F2NO4/c1-3-18-15-32(16-18)10-11-35-21-7-4-19(5-8-21)29-28(23-13-26(34)25(31)14-24(23)30)17(2)22-12-20(33)6-9-27(22)36-29/h4-9,12-14,18,29,33-34H,3,10-11,15-16H2,1-2H3. The number of halogens is 2. The summed E-state index contributed by atoms with van der Waals surface area (Å²) in [5.74, 6) is -0.400. The Kier molecular flexibility index (Phi) is 6.58. The predicted molar refractivity (Wildman–Crippen MR) is 134 cm³/mol. The lowest BCUT2D eigenvalue weighted by Crippen LogP contribution is -2.47. The van der Waals surface area contributed by atoms with Crippen LogP contribution >= 0.6 is 0 Å². The fourth-order valence-electron chi connectivity index (χ4n) is 4.91. The molecule has 0 aromatic heterocycles. The van der Waals surface area contributed by atoms with Gasteiger partial charge in [-0.3, -0.25) is 4.90 Å². The molecule has 7 heteroatoms. The minimum Gasteiger partial charge on any atom is -0.508 e. The summed E-state index contributed by atoms with van der Waals surface area (Å²) >= 11 is 0. The summed E-state index contributed by atoms with van der Waals surface area (Å²) in [5, 5.41) is 20.0. The van der Waals surface area contributed by atoms with Crippen molar-refractivity contribution in [3.63, 3.8) is 0 Å². The van der Waals surface area contributed by atoms with Crippen molar-refractivity contribution >= 4 is 11.1 Å². The Balaban J connectivity index is 1.43. The van der Waals surface area contributed by atoms with Gasteiger partial charge in [-0.2, -0.15) is 0 Å². The normalized spacial score (nSPS) is 17.9. The highest BCUT2D eigenvalue weighted by molar-refractivity contribution is 5.96. The third-order valence-electron chi connectivity index (χ3n) is 7.07. The summed E-state index contributed by atoms with van der Waals surface area (Å²) in [7, 11) is 0. The van der Waals surface area contributed by atoms with Crippen LogP contribution in [0.1, 0.15) is 43.1 Å². The highest BCUT2D eigenvalue weighted by Crippen LogP contribution is 2.48. The third-order valence-corrected chi connectivity index (χ3v) is 7.07. The molecule has 0 spiro atoms.